The summed E-state index contributed by atoms with van der Waals surface area (Å²) >= 11 is 0. The molecule has 2 heterocycles. The molecule has 0 atom stereocenters. The van der Waals surface area contributed by atoms with Crippen LogP contribution in [0.25, 0.3) is 16.6 Å². The number of aromatic amines is 1. The van der Waals surface area contributed by atoms with E-state index in [1.807, 2.05) is 60.8 Å². The normalized spacial score (nSPS) is 10.8. The van der Waals surface area contributed by atoms with Gasteiger partial charge in [0, 0.05) is 24.5 Å². The van der Waals surface area contributed by atoms with Crippen molar-refractivity contribution in [2.45, 2.75) is 6.42 Å². The van der Waals surface area contributed by atoms with E-state index in [-0.39, 0.29) is 17.0 Å². The van der Waals surface area contributed by atoms with Crippen molar-refractivity contribution in [1.82, 2.24) is 20.1 Å². The molecule has 0 radical (unpaired) electrons. The van der Waals surface area contributed by atoms with Gasteiger partial charge in [0.2, 0.25) is 0 Å². The highest BCUT2D eigenvalue weighted by Gasteiger charge is 2.11. The average molecular weight is 358 g/mol. The number of nitrogens with one attached hydrogen (secondary N) is 2. The third kappa shape index (κ3) is 3.64. The van der Waals surface area contributed by atoms with Crippen LogP contribution in [-0.4, -0.2) is 27.2 Å². The van der Waals surface area contributed by atoms with Gasteiger partial charge in [0.05, 0.1) is 5.69 Å². The maximum atomic E-state index is 12.4. The fraction of sp³-hybridized carbons (Fsp3) is 0.0952. The van der Waals surface area contributed by atoms with Crippen LogP contribution in [0.4, 0.5) is 0 Å². The van der Waals surface area contributed by atoms with Crippen LogP contribution in [-0.2, 0) is 6.42 Å². The Labute approximate surface area is 155 Å². The van der Waals surface area contributed by atoms with Crippen LogP contribution in [0, 0.1) is 0 Å². The fourth-order valence-electron chi connectivity index (χ4n) is 2.97. The van der Waals surface area contributed by atoms with Gasteiger partial charge in [0.25, 0.3) is 11.5 Å². The van der Waals surface area contributed by atoms with Crippen LogP contribution in [0.5, 0.6) is 0 Å². The van der Waals surface area contributed by atoms with Crippen molar-refractivity contribution < 1.29 is 4.79 Å². The Balaban J connectivity index is 1.40. The monoisotopic (exact) mass is 358 g/mol. The van der Waals surface area contributed by atoms with Crippen molar-refractivity contribution in [1.29, 1.82) is 0 Å². The van der Waals surface area contributed by atoms with Crippen molar-refractivity contribution in [3.05, 3.63) is 94.5 Å². The number of nitrogens with zero attached hydrogens (tertiary/aromatic N) is 2. The minimum Gasteiger partial charge on any atom is -0.352 e. The fourth-order valence-corrected chi connectivity index (χ4v) is 2.97. The van der Waals surface area contributed by atoms with Gasteiger partial charge in [-0.05, 0) is 47.7 Å². The van der Waals surface area contributed by atoms with E-state index in [9.17, 15) is 9.59 Å². The third-order valence-electron chi connectivity index (χ3n) is 4.40. The van der Waals surface area contributed by atoms with E-state index in [1.165, 1.54) is 0 Å². The topological polar surface area (TPSA) is 79.8 Å². The number of H-pyrrole nitrogens is 1. The standard InChI is InChI=1S/C21H18N4O2/c26-20(18-14-16-4-1-2-5-19(16)24-21(18)27)22-12-10-15-6-8-17(9-7-15)25-13-3-11-23-25/h1-9,11,13-14H,10,12H2,(H,22,26)(H,24,27). The summed E-state index contributed by atoms with van der Waals surface area (Å²) in [6.07, 6.45) is 4.30. The molecule has 2 aromatic carbocycles. The highest BCUT2D eigenvalue weighted by molar-refractivity contribution is 5.97. The highest BCUT2D eigenvalue weighted by Crippen LogP contribution is 2.11. The first-order chi connectivity index (χ1) is 13.2. The second-order valence-corrected chi connectivity index (χ2v) is 6.22. The number of rotatable bonds is 5. The number of fused-ring (bicyclic) bond motifs is 1. The minimum atomic E-state index is -0.380. The SMILES string of the molecule is O=C(NCCc1ccc(-n2cccn2)cc1)c1cc2ccccc2[nH]c1=O. The number of carbonyl (C=O) groups excluding carboxylic acids is 1. The number of aromatic nitrogens is 3. The van der Waals surface area contributed by atoms with Gasteiger partial charge in [-0.1, -0.05) is 30.3 Å². The quantitative estimate of drug-likeness (QED) is 0.576. The van der Waals surface area contributed by atoms with Gasteiger partial charge in [-0.15, -0.1) is 0 Å². The summed E-state index contributed by atoms with van der Waals surface area (Å²) in [7, 11) is 0. The third-order valence-corrected chi connectivity index (χ3v) is 4.40. The first-order valence-corrected chi connectivity index (χ1v) is 8.70. The smallest absolute Gasteiger partial charge is 0.261 e. The van der Waals surface area contributed by atoms with Crippen LogP contribution in [0.15, 0.2) is 77.9 Å². The van der Waals surface area contributed by atoms with E-state index >= 15 is 0 Å². The van der Waals surface area contributed by atoms with Gasteiger partial charge < -0.3 is 10.3 Å². The number of benzene rings is 2. The van der Waals surface area contributed by atoms with E-state index in [1.54, 1.807) is 16.9 Å². The maximum absolute atomic E-state index is 12.4. The Morgan fingerprint density at radius 3 is 2.67 bits per heavy atom. The van der Waals surface area contributed by atoms with Gasteiger partial charge in [0.15, 0.2) is 0 Å². The zero-order valence-corrected chi connectivity index (χ0v) is 14.6. The minimum absolute atomic E-state index is 0.128. The number of hydrogen-bond donors (Lipinski definition) is 2. The van der Waals surface area contributed by atoms with Gasteiger partial charge in [-0.25, -0.2) is 4.68 Å². The molecule has 2 N–H and O–H groups in total. The first kappa shape index (κ1) is 16.8. The van der Waals surface area contributed by atoms with Crippen LogP contribution >= 0.6 is 0 Å². The van der Waals surface area contributed by atoms with E-state index in [0.29, 0.717) is 13.0 Å². The van der Waals surface area contributed by atoms with Crippen molar-refractivity contribution >= 4 is 16.8 Å². The molecule has 134 valence electrons. The Bertz CT molecular complexity index is 1130. The molecule has 0 bridgehead atoms. The van der Waals surface area contributed by atoms with Crippen molar-refractivity contribution in [3.8, 4) is 5.69 Å². The van der Waals surface area contributed by atoms with Crippen LogP contribution < -0.4 is 10.9 Å². The zero-order chi connectivity index (χ0) is 18.6. The predicted octanol–water partition coefficient (Wildman–Crippen LogP) is 2.69. The van der Waals surface area contributed by atoms with E-state index < -0.39 is 0 Å². The number of hydrogen-bond acceptors (Lipinski definition) is 3. The molecule has 0 aliphatic carbocycles. The van der Waals surface area contributed by atoms with Crippen LogP contribution in [0.3, 0.4) is 0 Å². The molecule has 2 aromatic heterocycles. The summed E-state index contributed by atoms with van der Waals surface area (Å²) in [5.41, 5.74) is 2.54. The Morgan fingerprint density at radius 1 is 1.07 bits per heavy atom. The van der Waals surface area contributed by atoms with E-state index in [4.69, 9.17) is 0 Å². The second-order valence-electron chi connectivity index (χ2n) is 6.22. The molecule has 0 aliphatic rings. The lowest BCUT2D eigenvalue weighted by Crippen LogP contribution is -2.31. The molecular weight excluding hydrogens is 340 g/mol. The van der Waals surface area contributed by atoms with Crippen molar-refractivity contribution in [3.63, 3.8) is 0 Å². The molecule has 0 saturated heterocycles. The summed E-state index contributed by atoms with van der Waals surface area (Å²) in [5.74, 6) is -0.366. The average Bonchev–Trinajstić information content (AvgIpc) is 3.22. The van der Waals surface area contributed by atoms with Crippen LogP contribution in [0.2, 0.25) is 0 Å². The molecule has 4 rings (SSSR count). The Hall–Kier alpha value is -3.67. The maximum Gasteiger partial charge on any atom is 0.261 e. The second kappa shape index (κ2) is 7.29. The Kier molecular flexibility index (Phi) is 4.53. The van der Waals surface area contributed by atoms with Crippen molar-refractivity contribution in [2.75, 3.05) is 6.54 Å². The van der Waals surface area contributed by atoms with Gasteiger partial charge in [-0.3, -0.25) is 9.59 Å². The molecule has 0 fully saturated rings. The summed E-state index contributed by atoms with van der Waals surface area (Å²) in [5, 5.41) is 7.84. The summed E-state index contributed by atoms with van der Waals surface area (Å²) in [4.78, 5) is 27.2. The van der Waals surface area contributed by atoms with Crippen molar-refractivity contribution in [2.24, 2.45) is 0 Å². The zero-order valence-electron chi connectivity index (χ0n) is 14.6. The lowest BCUT2D eigenvalue weighted by molar-refractivity contribution is 0.0953. The molecule has 27 heavy (non-hydrogen) atoms. The number of para-hydroxylation sites is 1. The van der Waals surface area contributed by atoms with Gasteiger partial charge in [0.1, 0.15) is 5.56 Å². The molecular formula is C21H18N4O2. The number of carbonyl (C=O) groups is 1. The summed E-state index contributed by atoms with van der Waals surface area (Å²) in [6.45, 7) is 0.451. The molecule has 6 nitrogen and oxygen atoms in total. The molecule has 0 aliphatic heterocycles. The van der Waals surface area contributed by atoms with Gasteiger partial charge in [-0.2, -0.15) is 5.10 Å². The lowest BCUT2D eigenvalue weighted by Gasteiger charge is -2.07. The van der Waals surface area contributed by atoms with Gasteiger partial charge >= 0.3 is 0 Å². The number of amides is 1. The van der Waals surface area contributed by atoms with E-state index in [0.717, 1.165) is 22.2 Å². The molecule has 0 saturated carbocycles. The molecule has 6 heteroatoms. The highest BCUT2D eigenvalue weighted by atomic mass is 16.2. The predicted molar refractivity (Wildman–Crippen MR) is 104 cm³/mol. The summed E-state index contributed by atoms with van der Waals surface area (Å²) < 4.78 is 1.79. The van der Waals surface area contributed by atoms with E-state index in [2.05, 4.69) is 15.4 Å². The molecule has 4 aromatic rings. The Morgan fingerprint density at radius 2 is 1.89 bits per heavy atom. The molecule has 1 amide bonds. The number of pyridine rings is 1. The molecule has 0 spiro atoms. The molecule has 0 unspecified atom stereocenters. The first-order valence-electron chi connectivity index (χ1n) is 8.70. The largest absolute Gasteiger partial charge is 0.352 e. The van der Waals surface area contributed by atoms with Crippen LogP contribution in [0.1, 0.15) is 15.9 Å². The summed E-state index contributed by atoms with van der Waals surface area (Å²) in [6, 6.07) is 18.9. The lowest BCUT2D eigenvalue weighted by atomic mass is 10.1.